The maximum Gasteiger partial charge on any atom is 0.329 e. The van der Waals surface area contributed by atoms with E-state index in [0.29, 0.717) is 0 Å². The summed E-state index contributed by atoms with van der Waals surface area (Å²) < 4.78 is 1.19. The summed E-state index contributed by atoms with van der Waals surface area (Å²) in [7, 11) is 1.50. The summed E-state index contributed by atoms with van der Waals surface area (Å²) in [5.74, 6) is 0.237. The van der Waals surface area contributed by atoms with Crippen molar-refractivity contribution in [3.05, 3.63) is 20.8 Å². The molecule has 1 aromatic heterocycles. The third-order valence-corrected chi connectivity index (χ3v) is 3.84. The minimum absolute atomic E-state index is 0.0136. The fourth-order valence-electron chi connectivity index (χ4n) is 2.58. The van der Waals surface area contributed by atoms with Gasteiger partial charge in [-0.2, -0.15) is 0 Å². The van der Waals surface area contributed by atoms with Gasteiger partial charge in [0.1, 0.15) is 11.5 Å². The molecule has 2 rings (SSSR count). The number of nitrogens with zero attached hydrogens (tertiary/aromatic N) is 1. The Kier molecular flexibility index (Phi) is 3.94. The molecule has 1 fully saturated rings. The van der Waals surface area contributed by atoms with Crippen LogP contribution in [0.25, 0.3) is 0 Å². The molecule has 0 bridgehead atoms. The quantitative estimate of drug-likeness (QED) is 0.597. The summed E-state index contributed by atoms with van der Waals surface area (Å²) in [5, 5.41) is 12.5. The van der Waals surface area contributed by atoms with Crippen molar-refractivity contribution >= 4 is 11.5 Å². The van der Waals surface area contributed by atoms with E-state index in [0.717, 1.165) is 25.7 Å². The summed E-state index contributed by atoms with van der Waals surface area (Å²) in [6.45, 7) is 0.0846. The van der Waals surface area contributed by atoms with Crippen LogP contribution < -0.4 is 22.3 Å². The molecule has 1 aromatic rings. The lowest BCUT2D eigenvalue weighted by Crippen LogP contribution is -2.39. The number of aliphatic hydroxyl groups is 1. The number of hydrogen-bond acceptors (Lipinski definition) is 5. The van der Waals surface area contributed by atoms with Gasteiger partial charge in [-0.25, -0.2) is 4.79 Å². The van der Waals surface area contributed by atoms with Gasteiger partial charge in [0, 0.05) is 25.6 Å². The van der Waals surface area contributed by atoms with Crippen molar-refractivity contribution in [2.24, 2.45) is 13.0 Å². The van der Waals surface area contributed by atoms with Gasteiger partial charge in [-0.3, -0.25) is 14.3 Å². The Morgan fingerprint density at radius 1 is 1.42 bits per heavy atom. The van der Waals surface area contributed by atoms with Crippen LogP contribution >= 0.6 is 0 Å². The number of aliphatic hydroxyl groups excluding tert-OH is 1. The normalized spacial score (nSPS) is 23.3. The smallest absolute Gasteiger partial charge is 0.329 e. The minimum atomic E-state index is -0.532. The lowest BCUT2D eigenvalue weighted by Gasteiger charge is -2.31. The molecule has 2 atom stereocenters. The van der Waals surface area contributed by atoms with E-state index in [-0.39, 0.29) is 30.1 Å². The van der Waals surface area contributed by atoms with Gasteiger partial charge in [0.05, 0.1) is 0 Å². The Balaban J connectivity index is 2.30. The molecule has 0 aromatic carbocycles. The molecule has 5 N–H and O–H groups in total. The van der Waals surface area contributed by atoms with Gasteiger partial charge < -0.3 is 16.2 Å². The average Bonchev–Trinajstić information content (AvgIpc) is 2.41. The van der Waals surface area contributed by atoms with Crippen LogP contribution in [-0.4, -0.2) is 27.3 Å². The summed E-state index contributed by atoms with van der Waals surface area (Å²) in [5.41, 5.74) is 4.98. The number of nitrogens with two attached hydrogens (primary N) is 1. The number of hydrogen-bond donors (Lipinski definition) is 4. The molecule has 1 saturated carbocycles. The predicted molar refractivity (Wildman–Crippen MR) is 73.2 cm³/mol. The highest BCUT2D eigenvalue weighted by Crippen LogP contribution is 2.27. The van der Waals surface area contributed by atoms with Gasteiger partial charge in [-0.05, 0) is 12.8 Å². The molecule has 0 radical (unpaired) electrons. The zero-order valence-electron chi connectivity index (χ0n) is 11.0. The lowest BCUT2D eigenvalue weighted by atomic mass is 9.85. The first-order chi connectivity index (χ1) is 9.04. The molecule has 7 heteroatoms. The maximum atomic E-state index is 11.8. The first-order valence-electron chi connectivity index (χ1n) is 6.50. The van der Waals surface area contributed by atoms with Gasteiger partial charge in [0.25, 0.3) is 5.56 Å². The molecular formula is C12H20N4O3. The molecule has 0 spiro atoms. The van der Waals surface area contributed by atoms with E-state index in [4.69, 9.17) is 5.73 Å². The molecular weight excluding hydrogens is 248 g/mol. The van der Waals surface area contributed by atoms with Crippen molar-refractivity contribution in [3.8, 4) is 0 Å². The predicted octanol–water partition coefficient (Wildman–Crippen LogP) is -0.381. The van der Waals surface area contributed by atoms with Gasteiger partial charge in [0.2, 0.25) is 0 Å². The summed E-state index contributed by atoms with van der Waals surface area (Å²) in [6.07, 6.45) is 3.95. The van der Waals surface area contributed by atoms with E-state index in [9.17, 15) is 14.7 Å². The average molecular weight is 268 g/mol. The number of aromatic nitrogens is 2. The number of H-pyrrole nitrogens is 1. The molecule has 19 heavy (non-hydrogen) atoms. The topological polar surface area (TPSA) is 113 Å². The van der Waals surface area contributed by atoms with Crippen molar-refractivity contribution in [2.45, 2.75) is 31.7 Å². The zero-order valence-corrected chi connectivity index (χ0v) is 11.0. The summed E-state index contributed by atoms with van der Waals surface area (Å²) in [6, 6.07) is 0.0136. The van der Waals surface area contributed by atoms with Gasteiger partial charge in [-0.15, -0.1) is 0 Å². The monoisotopic (exact) mass is 268 g/mol. The Morgan fingerprint density at radius 3 is 2.79 bits per heavy atom. The second-order valence-electron chi connectivity index (χ2n) is 5.06. The van der Waals surface area contributed by atoms with Crippen LogP contribution in [0.1, 0.15) is 25.7 Å². The van der Waals surface area contributed by atoms with Crippen LogP contribution in [0.15, 0.2) is 9.59 Å². The Morgan fingerprint density at radius 2 is 2.11 bits per heavy atom. The lowest BCUT2D eigenvalue weighted by molar-refractivity contribution is 0.178. The summed E-state index contributed by atoms with van der Waals surface area (Å²) in [4.78, 5) is 25.4. The van der Waals surface area contributed by atoms with E-state index in [1.165, 1.54) is 11.6 Å². The Bertz CT molecular complexity index is 563. The first-order valence-corrected chi connectivity index (χ1v) is 6.50. The number of rotatable bonds is 3. The van der Waals surface area contributed by atoms with E-state index >= 15 is 0 Å². The second kappa shape index (κ2) is 5.48. The van der Waals surface area contributed by atoms with Gasteiger partial charge in [-0.1, -0.05) is 12.8 Å². The number of anilines is 2. The van der Waals surface area contributed by atoms with Crippen LogP contribution in [0, 0.1) is 5.92 Å². The standard InChI is InChI=1S/C12H20N4O3/c1-16-10(13)9(11(18)15-12(16)19)14-8-5-3-2-4-7(8)6-17/h7-8,14,17H,2-6,13H2,1H3,(H,15,18,19). The number of nitrogens with one attached hydrogen (secondary N) is 2. The fraction of sp³-hybridized carbons (Fsp3) is 0.667. The van der Waals surface area contributed by atoms with Gasteiger partial charge in [0.15, 0.2) is 0 Å². The maximum absolute atomic E-state index is 11.8. The summed E-state index contributed by atoms with van der Waals surface area (Å²) >= 11 is 0. The molecule has 0 saturated heterocycles. The molecule has 2 unspecified atom stereocenters. The number of nitrogen functional groups attached to an aromatic ring is 1. The van der Waals surface area contributed by atoms with Crippen molar-refractivity contribution in [1.82, 2.24) is 9.55 Å². The van der Waals surface area contributed by atoms with Crippen LogP contribution in [0.4, 0.5) is 11.5 Å². The van der Waals surface area contributed by atoms with E-state index in [1.807, 2.05) is 0 Å². The van der Waals surface area contributed by atoms with Crippen molar-refractivity contribution < 1.29 is 5.11 Å². The molecule has 1 heterocycles. The van der Waals surface area contributed by atoms with Crippen molar-refractivity contribution in [2.75, 3.05) is 17.7 Å². The van der Waals surface area contributed by atoms with E-state index in [2.05, 4.69) is 10.3 Å². The molecule has 0 aliphatic heterocycles. The van der Waals surface area contributed by atoms with Crippen LogP contribution in [0.3, 0.4) is 0 Å². The molecule has 0 amide bonds. The highest BCUT2D eigenvalue weighted by molar-refractivity contribution is 5.60. The molecule has 106 valence electrons. The molecule has 7 nitrogen and oxygen atoms in total. The van der Waals surface area contributed by atoms with E-state index < -0.39 is 11.2 Å². The van der Waals surface area contributed by atoms with Crippen LogP contribution in [-0.2, 0) is 7.05 Å². The van der Waals surface area contributed by atoms with Crippen LogP contribution in [0.5, 0.6) is 0 Å². The van der Waals surface area contributed by atoms with Crippen LogP contribution in [0.2, 0.25) is 0 Å². The highest BCUT2D eigenvalue weighted by atomic mass is 16.3. The third-order valence-electron chi connectivity index (χ3n) is 3.84. The third kappa shape index (κ3) is 2.65. The minimum Gasteiger partial charge on any atom is -0.396 e. The van der Waals surface area contributed by atoms with Crippen molar-refractivity contribution in [1.29, 1.82) is 0 Å². The highest BCUT2D eigenvalue weighted by Gasteiger charge is 2.26. The zero-order chi connectivity index (χ0) is 14.0. The Hall–Kier alpha value is -1.76. The fourth-order valence-corrected chi connectivity index (χ4v) is 2.58. The van der Waals surface area contributed by atoms with Crippen molar-refractivity contribution in [3.63, 3.8) is 0 Å². The Labute approximate surface area is 110 Å². The molecule has 1 aliphatic carbocycles. The van der Waals surface area contributed by atoms with Gasteiger partial charge >= 0.3 is 5.69 Å². The largest absolute Gasteiger partial charge is 0.396 e. The van der Waals surface area contributed by atoms with E-state index in [1.54, 1.807) is 0 Å². The second-order valence-corrected chi connectivity index (χ2v) is 5.06. The SMILES string of the molecule is Cn1c(N)c(NC2CCCCC2CO)c(=O)[nH]c1=O. The number of aromatic amines is 1. The first kappa shape index (κ1) is 13.7. The molecule has 1 aliphatic rings.